The lowest BCUT2D eigenvalue weighted by Gasteiger charge is -2.32. The Balaban J connectivity index is 1.66. The smallest absolute Gasteiger partial charge is 0.350 e. The van der Waals surface area contributed by atoms with E-state index in [1.807, 2.05) is 30.3 Å². The third-order valence-electron chi connectivity index (χ3n) is 5.67. The van der Waals surface area contributed by atoms with Gasteiger partial charge >= 0.3 is 5.69 Å². The molecule has 1 aliphatic rings. The molecule has 1 saturated heterocycles. The summed E-state index contributed by atoms with van der Waals surface area (Å²) < 4.78 is 13.8. The number of aromatic nitrogens is 3. The minimum Gasteiger partial charge on any atom is -0.493 e. The van der Waals surface area contributed by atoms with Crippen LogP contribution in [-0.2, 0) is 7.05 Å². The predicted octanol–water partition coefficient (Wildman–Crippen LogP) is 2.61. The zero-order valence-electron chi connectivity index (χ0n) is 17.9. The number of hydrogen-bond acceptors (Lipinski definition) is 5. The fraction of sp³-hybridized carbons (Fsp3) is 0.348. The molecule has 0 aliphatic carbocycles. The van der Waals surface area contributed by atoms with Gasteiger partial charge in [-0.2, -0.15) is 5.10 Å². The van der Waals surface area contributed by atoms with E-state index in [-0.39, 0.29) is 17.5 Å². The molecule has 1 aromatic heterocycles. The topological polar surface area (TPSA) is 78.6 Å². The first-order chi connectivity index (χ1) is 15.0. The van der Waals surface area contributed by atoms with Gasteiger partial charge in [0.25, 0.3) is 5.91 Å². The molecule has 162 valence electrons. The number of carbonyl (C=O) groups is 1. The van der Waals surface area contributed by atoms with Gasteiger partial charge in [0.1, 0.15) is 5.82 Å². The number of methoxy groups -OCH3 is 2. The normalized spacial score (nSPS) is 16.2. The third kappa shape index (κ3) is 3.81. The van der Waals surface area contributed by atoms with E-state index >= 15 is 0 Å². The molecular formula is C23H26N4O4. The molecular weight excluding hydrogens is 396 g/mol. The first-order valence-corrected chi connectivity index (χ1v) is 10.3. The maximum atomic E-state index is 13.3. The molecule has 1 fully saturated rings. The quantitative estimate of drug-likeness (QED) is 0.632. The van der Waals surface area contributed by atoms with Gasteiger partial charge < -0.3 is 14.4 Å². The van der Waals surface area contributed by atoms with Crippen LogP contribution < -0.4 is 15.2 Å². The summed E-state index contributed by atoms with van der Waals surface area (Å²) in [5.41, 5.74) is 1.04. The number of likely N-dealkylation sites (tertiary alicyclic amines) is 1. The van der Waals surface area contributed by atoms with E-state index in [1.54, 1.807) is 41.8 Å². The van der Waals surface area contributed by atoms with Crippen molar-refractivity contribution in [3.05, 3.63) is 70.4 Å². The van der Waals surface area contributed by atoms with Crippen LogP contribution in [0.3, 0.4) is 0 Å². The molecule has 1 aliphatic heterocycles. The average Bonchev–Trinajstić information content (AvgIpc) is 3.12. The van der Waals surface area contributed by atoms with E-state index in [2.05, 4.69) is 5.10 Å². The van der Waals surface area contributed by atoms with Crippen molar-refractivity contribution in [2.45, 2.75) is 18.8 Å². The summed E-state index contributed by atoms with van der Waals surface area (Å²) in [6.45, 7) is 1.11. The highest BCUT2D eigenvalue weighted by Gasteiger charge is 2.31. The Hall–Kier alpha value is -3.55. The number of benzene rings is 2. The maximum Gasteiger partial charge on any atom is 0.350 e. The van der Waals surface area contributed by atoms with Crippen molar-refractivity contribution in [1.29, 1.82) is 0 Å². The Morgan fingerprint density at radius 2 is 1.84 bits per heavy atom. The van der Waals surface area contributed by atoms with E-state index in [0.717, 1.165) is 18.5 Å². The van der Waals surface area contributed by atoms with Gasteiger partial charge in [0.2, 0.25) is 0 Å². The number of amides is 1. The number of nitrogens with zero attached hydrogens (tertiary/aromatic N) is 4. The minimum absolute atomic E-state index is 0.0524. The lowest BCUT2D eigenvalue weighted by atomic mass is 9.96. The molecule has 2 heterocycles. The summed E-state index contributed by atoms with van der Waals surface area (Å²) in [5, 5.41) is 4.52. The van der Waals surface area contributed by atoms with Gasteiger partial charge in [-0.1, -0.05) is 24.3 Å². The van der Waals surface area contributed by atoms with Crippen molar-refractivity contribution in [2.24, 2.45) is 7.05 Å². The monoisotopic (exact) mass is 422 g/mol. The molecule has 8 nitrogen and oxygen atoms in total. The molecule has 2 aromatic carbocycles. The highest BCUT2D eigenvalue weighted by atomic mass is 16.5. The third-order valence-corrected chi connectivity index (χ3v) is 5.67. The fourth-order valence-electron chi connectivity index (χ4n) is 4.17. The molecule has 0 bridgehead atoms. The van der Waals surface area contributed by atoms with E-state index in [1.165, 1.54) is 11.8 Å². The van der Waals surface area contributed by atoms with Gasteiger partial charge in [-0.25, -0.2) is 14.0 Å². The number of piperidine rings is 1. The van der Waals surface area contributed by atoms with Crippen LogP contribution in [0.5, 0.6) is 11.5 Å². The molecule has 31 heavy (non-hydrogen) atoms. The lowest BCUT2D eigenvalue weighted by Crippen LogP contribution is -2.40. The molecule has 3 aromatic rings. The van der Waals surface area contributed by atoms with Crippen LogP contribution in [0.25, 0.3) is 5.69 Å². The summed E-state index contributed by atoms with van der Waals surface area (Å²) in [6.07, 6.45) is 1.67. The lowest BCUT2D eigenvalue weighted by molar-refractivity contribution is 0.0699. The number of aryl methyl sites for hydroxylation is 1. The first-order valence-electron chi connectivity index (χ1n) is 10.3. The van der Waals surface area contributed by atoms with Crippen molar-refractivity contribution < 1.29 is 14.3 Å². The molecule has 4 rings (SSSR count). The van der Waals surface area contributed by atoms with Gasteiger partial charge in [0.05, 0.1) is 25.5 Å². The highest BCUT2D eigenvalue weighted by Crippen LogP contribution is 2.33. The Morgan fingerprint density at radius 3 is 2.55 bits per heavy atom. The van der Waals surface area contributed by atoms with Crippen LogP contribution in [0.2, 0.25) is 0 Å². The molecule has 1 amide bonds. The molecule has 0 spiro atoms. The summed E-state index contributed by atoms with van der Waals surface area (Å²) in [7, 11) is 4.73. The average molecular weight is 422 g/mol. The fourth-order valence-corrected chi connectivity index (χ4v) is 4.17. The Morgan fingerprint density at radius 1 is 1.06 bits per heavy atom. The van der Waals surface area contributed by atoms with Crippen molar-refractivity contribution in [1.82, 2.24) is 19.2 Å². The zero-order chi connectivity index (χ0) is 22.0. The van der Waals surface area contributed by atoms with E-state index < -0.39 is 0 Å². The molecule has 1 unspecified atom stereocenters. The molecule has 0 radical (unpaired) electrons. The number of para-hydroxylation sites is 2. The van der Waals surface area contributed by atoms with Crippen LogP contribution >= 0.6 is 0 Å². The van der Waals surface area contributed by atoms with Crippen molar-refractivity contribution in [3.63, 3.8) is 0 Å². The van der Waals surface area contributed by atoms with Crippen LogP contribution in [0, 0.1) is 0 Å². The molecule has 0 N–H and O–H groups in total. The summed E-state index contributed by atoms with van der Waals surface area (Å²) in [4.78, 5) is 27.9. The minimum atomic E-state index is -0.195. The van der Waals surface area contributed by atoms with E-state index in [4.69, 9.17) is 9.47 Å². The number of hydrogen-bond donors (Lipinski definition) is 0. The van der Waals surface area contributed by atoms with Gasteiger partial charge in [-0.05, 0) is 37.1 Å². The maximum absolute atomic E-state index is 13.3. The summed E-state index contributed by atoms with van der Waals surface area (Å²) in [5.74, 6) is 1.45. The molecule has 0 saturated carbocycles. The second-order valence-electron chi connectivity index (χ2n) is 7.57. The number of ether oxygens (including phenoxy) is 2. The number of rotatable bonds is 5. The van der Waals surface area contributed by atoms with Gasteiger partial charge in [-0.15, -0.1) is 0 Å². The van der Waals surface area contributed by atoms with Gasteiger partial charge in [0, 0.05) is 26.1 Å². The Labute approximate surface area is 180 Å². The van der Waals surface area contributed by atoms with Crippen molar-refractivity contribution >= 4 is 5.91 Å². The van der Waals surface area contributed by atoms with E-state index in [0.29, 0.717) is 36.0 Å². The van der Waals surface area contributed by atoms with Crippen LogP contribution in [0.1, 0.15) is 34.9 Å². The largest absolute Gasteiger partial charge is 0.493 e. The zero-order valence-corrected chi connectivity index (χ0v) is 17.9. The van der Waals surface area contributed by atoms with Gasteiger partial charge in [-0.3, -0.25) is 4.79 Å². The highest BCUT2D eigenvalue weighted by molar-refractivity contribution is 5.98. The number of carbonyl (C=O) groups excluding carboxylic acids is 1. The van der Waals surface area contributed by atoms with Crippen molar-refractivity contribution in [2.75, 3.05) is 27.3 Å². The second-order valence-corrected chi connectivity index (χ2v) is 7.57. The van der Waals surface area contributed by atoms with E-state index in [9.17, 15) is 9.59 Å². The SMILES string of the molecule is COc1cccc(C(=O)N2CCCC(c3nn(C)c(=O)n3-c3ccccc3)C2)c1OC. The predicted molar refractivity (Wildman–Crippen MR) is 116 cm³/mol. The standard InChI is InChI=1S/C23H26N4O4/c1-25-23(29)27(17-10-5-4-6-11-17)21(24-25)16-9-8-14-26(15-16)22(28)18-12-7-13-19(30-2)20(18)31-3/h4-7,10-13,16H,8-9,14-15H2,1-3H3. The summed E-state index contributed by atoms with van der Waals surface area (Å²) in [6, 6.07) is 14.8. The van der Waals surface area contributed by atoms with Crippen LogP contribution in [0.15, 0.2) is 53.3 Å². The Bertz CT molecular complexity index is 1140. The van der Waals surface area contributed by atoms with Crippen molar-refractivity contribution in [3.8, 4) is 17.2 Å². The molecule has 1 atom stereocenters. The second kappa shape index (κ2) is 8.67. The molecule has 8 heteroatoms. The van der Waals surface area contributed by atoms with Gasteiger partial charge in [0.15, 0.2) is 11.5 Å². The Kier molecular flexibility index (Phi) is 5.79. The van der Waals surface area contributed by atoms with Crippen LogP contribution in [-0.4, -0.2) is 52.5 Å². The summed E-state index contributed by atoms with van der Waals surface area (Å²) >= 11 is 0. The first kappa shape index (κ1) is 20.7. The van der Waals surface area contributed by atoms with Crippen LogP contribution in [0.4, 0.5) is 0 Å².